The summed E-state index contributed by atoms with van der Waals surface area (Å²) in [4.78, 5) is 55.7. The molecule has 2 aromatic rings. The van der Waals surface area contributed by atoms with E-state index in [4.69, 9.17) is 0 Å². The highest BCUT2D eigenvalue weighted by Gasteiger charge is 2.56. The number of fused-ring (bicyclic) bond motifs is 2. The van der Waals surface area contributed by atoms with Gasteiger partial charge in [0.1, 0.15) is 18.5 Å². The van der Waals surface area contributed by atoms with Crippen LogP contribution < -0.4 is 10.6 Å². The molecular formula is C30H35N5O4. The Morgan fingerprint density at radius 2 is 1.79 bits per heavy atom. The number of hydrogen-bond donors (Lipinski definition) is 2. The van der Waals surface area contributed by atoms with Crippen molar-refractivity contribution in [2.45, 2.75) is 63.6 Å². The molecule has 4 amide bonds. The van der Waals surface area contributed by atoms with Gasteiger partial charge in [-0.15, -0.1) is 0 Å². The minimum absolute atomic E-state index is 0.0542. The number of rotatable bonds is 8. The van der Waals surface area contributed by atoms with Crippen molar-refractivity contribution in [2.75, 3.05) is 18.9 Å². The van der Waals surface area contributed by atoms with Crippen LogP contribution in [0.4, 0.5) is 5.69 Å². The number of anilines is 1. The molecule has 1 fully saturated rings. The van der Waals surface area contributed by atoms with Crippen LogP contribution in [0.5, 0.6) is 0 Å². The van der Waals surface area contributed by atoms with Gasteiger partial charge in [0.05, 0.1) is 17.5 Å². The lowest BCUT2D eigenvalue weighted by Crippen LogP contribution is -2.52. The van der Waals surface area contributed by atoms with Gasteiger partial charge in [-0.2, -0.15) is 5.26 Å². The Balaban J connectivity index is 1.50. The lowest BCUT2D eigenvalue weighted by atomic mass is 9.80. The molecule has 0 radical (unpaired) electrons. The predicted octanol–water partition coefficient (Wildman–Crippen LogP) is 3.14. The largest absolute Gasteiger partial charge is 0.349 e. The molecule has 204 valence electrons. The average molecular weight is 530 g/mol. The van der Waals surface area contributed by atoms with Crippen molar-refractivity contribution in [1.29, 1.82) is 5.26 Å². The summed E-state index contributed by atoms with van der Waals surface area (Å²) in [7, 11) is 1.52. The molecular weight excluding hydrogens is 494 g/mol. The second-order valence-corrected chi connectivity index (χ2v) is 10.9. The van der Waals surface area contributed by atoms with Crippen LogP contribution in [-0.4, -0.2) is 59.1 Å². The highest BCUT2D eigenvalue weighted by molar-refractivity contribution is 6.07. The fraction of sp³-hybridized carbons (Fsp3) is 0.433. The molecule has 39 heavy (non-hydrogen) atoms. The summed E-state index contributed by atoms with van der Waals surface area (Å²) in [6.45, 7) is 5.79. The van der Waals surface area contributed by atoms with Crippen LogP contribution in [0.15, 0.2) is 54.6 Å². The van der Waals surface area contributed by atoms with Gasteiger partial charge in [-0.05, 0) is 36.5 Å². The van der Waals surface area contributed by atoms with Crippen molar-refractivity contribution >= 4 is 29.3 Å². The molecule has 0 unspecified atom stereocenters. The number of carbonyl (C=O) groups excluding carboxylic acids is 4. The molecule has 2 aliphatic heterocycles. The van der Waals surface area contributed by atoms with Gasteiger partial charge in [0.15, 0.2) is 0 Å². The van der Waals surface area contributed by atoms with E-state index in [-0.39, 0.29) is 30.8 Å². The van der Waals surface area contributed by atoms with E-state index in [0.29, 0.717) is 12.1 Å². The molecule has 1 saturated heterocycles. The number of nitrogens with zero attached hydrogens (tertiary/aromatic N) is 3. The third kappa shape index (κ3) is 5.51. The van der Waals surface area contributed by atoms with Gasteiger partial charge in [-0.25, -0.2) is 0 Å². The third-order valence-electron chi connectivity index (χ3n) is 7.75. The minimum Gasteiger partial charge on any atom is -0.349 e. The smallest absolute Gasteiger partial charge is 0.246 e. The molecule has 0 aliphatic carbocycles. The molecule has 1 spiro atoms. The summed E-state index contributed by atoms with van der Waals surface area (Å²) in [5.74, 6) is -1.48. The predicted molar refractivity (Wildman–Crippen MR) is 146 cm³/mol. The maximum absolute atomic E-state index is 14.0. The number of para-hydroxylation sites is 1. The van der Waals surface area contributed by atoms with Crippen LogP contribution in [0.1, 0.15) is 57.2 Å². The maximum atomic E-state index is 14.0. The fourth-order valence-corrected chi connectivity index (χ4v) is 5.60. The first-order valence-electron chi connectivity index (χ1n) is 13.3. The SMILES string of the molecule is CC(C)C[C@@H](C(=O)N1C[C@]2(C[C@H]1C#N)C(=O)Nc1ccccc12)N(C)C(=O)CC(=O)N[C@H](C)c1ccccc1. The molecule has 2 aliphatic rings. The summed E-state index contributed by atoms with van der Waals surface area (Å²) in [6.07, 6.45) is 0.133. The number of amides is 4. The number of benzene rings is 2. The highest BCUT2D eigenvalue weighted by Crippen LogP contribution is 2.46. The third-order valence-corrected chi connectivity index (χ3v) is 7.75. The van der Waals surface area contributed by atoms with Crippen molar-refractivity contribution in [1.82, 2.24) is 15.1 Å². The van der Waals surface area contributed by atoms with E-state index in [1.54, 1.807) is 0 Å². The summed E-state index contributed by atoms with van der Waals surface area (Å²) in [6, 6.07) is 17.0. The van der Waals surface area contributed by atoms with Gasteiger partial charge in [-0.1, -0.05) is 62.4 Å². The first kappa shape index (κ1) is 27.8. The Hall–Kier alpha value is -4.19. The lowest BCUT2D eigenvalue weighted by molar-refractivity contribution is -0.147. The zero-order valence-corrected chi connectivity index (χ0v) is 22.8. The van der Waals surface area contributed by atoms with Crippen molar-refractivity contribution in [3.05, 3.63) is 65.7 Å². The molecule has 0 saturated carbocycles. The van der Waals surface area contributed by atoms with Crippen LogP contribution in [-0.2, 0) is 24.6 Å². The van der Waals surface area contributed by atoms with Gasteiger partial charge in [0, 0.05) is 25.7 Å². The van der Waals surface area contributed by atoms with Crippen molar-refractivity contribution < 1.29 is 19.2 Å². The number of nitriles is 1. The first-order valence-corrected chi connectivity index (χ1v) is 13.3. The summed E-state index contributed by atoms with van der Waals surface area (Å²) < 4.78 is 0. The second-order valence-electron chi connectivity index (χ2n) is 10.9. The van der Waals surface area contributed by atoms with Crippen molar-refractivity contribution in [2.24, 2.45) is 5.92 Å². The zero-order valence-electron chi connectivity index (χ0n) is 22.8. The standard InChI is InChI=1S/C30H35N5O4/c1-19(2)14-25(34(4)27(37)15-26(36)32-20(3)21-10-6-5-7-11-21)28(38)35-18-30(16-22(35)17-31)23-12-8-9-13-24(23)33-29(30)39/h5-13,19-20,22,25H,14-16,18H2,1-4H3,(H,32,36)(H,33,39)/t20-,22+,25+,30+/m1/s1. The Kier molecular flexibility index (Phi) is 8.05. The van der Waals surface area contributed by atoms with E-state index >= 15 is 0 Å². The Morgan fingerprint density at radius 3 is 2.46 bits per heavy atom. The van der Waals surface area contributed by atoms with E-state index in [1.165, 1.54) is 16.8 Å². The zero-order chi connectivity index (χ0) is 28.3. The normalized spacial score (nSPS) is 21.2. The topological polar surface area (TPSA) is 123 Å². The highest BCUT2D eigenvalue weighted by atomic mass is 16.2. The van der Waals surface area contributed by atoms with Crippen molar-refractivity contribution in [3.63, 3.8) is 0 Å². The molecule has 9 nitrogen and oxygen atoms in total. The molecule has 9 heteroatoms. The average Bonchev–Trinajstić information content (AvgIpc) is 3.44. The van der Waals surface area contributed by atoms with Crippen LogP contribution in [0.2, 0.25) is 0 Å². The van der Waals surface area contributed by atoms with Gasteiger partial charge < -0.3 is 20.4 Å². The summed E-state index contributed by atoms with van der Waals surface area (Å²) in [5.41, 5.74) is 1.38. The van der Waals surface area contributed by atoms with Gasteiger partial charge in [-0.3, -0.25) is 19.2 Å². The van der Waals surface area contributed by atoms with Crippen LogP contribution in [0.25, 0.3) is 0 Å². The second kappa shape index (κ2) is 11.3. The quantitative estimate of drug-likeness (QED) is 0.509. The number of nitrogens with one attached hydrogen (secondary N) is 2. The van der Waals surface area contributed by atoms with Crippen LogP contribution in [0, 0.1) is 17.2 Å². The molecule has 4 atom stereocenters. The number of likely N-dealkylation sites (N-methyl/N-ethyl adjacent to an activating group) is 1. The van der Waals surface area contributed by atoms with Gasteiger partial charge >= 0.3 is 0 Å². The lowest BCUT2D eigenvalue weighted by Gasteiger charge is -2.33. The van der Waals surface area contributed by atoms with E-state index in [1.807, 2.05) is 75.4 Å². The molecule has 0 bridgehead atoms. The number of carbonyl (C=O) groups is 4. The van der Waals surface area contributed by atoms with Gasteiger partial charge in [0.25, 0.3) is 0 Å². The molecule has 2 N–H and O–H groups in total. The van der Waals surface area contributed by atoms with Gasteiger partial charge in [0.2, 0.25) is 23.6 Å². The summed E-state index contributed by atoms with van der Waals surface area (Å²) >= 11 is 0. The summed E-state index contributed by atoms with van der Waals surface area (Å²) in [5, 5.41) is 15.7. The Morgan fingerprint density at radius 1 is 1.13 bits per heavy atom. The van der Waals surface area contributed by atoms with Crippen LogP contribution >= 0.6 is 0 Å². The number of likely N-dealkylation sites (tertiary alicyclic amines) is 1. The Labute approximate surface area is 229 Å². The van der Waals surface area contributed by atoms with E-state index in [2.05, 4.69) is 16.7 Å². The molecule has 2 heterocycles. The number of hydrogen-bond acceptors (Lipinski definition) is 5. The van der Waals surface area contributed by atoms with E-state index < -0.39 is 41.6 Å². The Bertz CT molecular complexity index is 1300. The van der Waals surface area contributed by atoms with E-state index in [0.717, 1.165) is 11.1 Å². The maximum Gasteiger partial charge on any atom is 0.246 e. The first-order chi connectivity index (χ1) is 18.6. The molecule has 0 aromatic heterocycles. The van der Waals surface area contributed by atoms with Crippen molar-refractivity contribution in [3.8, 4) is 6.07 Å². The fourth-order valence-electron chi connectivity index (χ4n) is 5.60. The van der Waals surface area contributed by atoms with Crippen LogP contribution in [0.3, 0.4) is 0 Å². The molecule has 2 aromatic carbocycles. The monoisotopic (exact) mass is 529 g/mol. The van der Waals surface area contributed by atoms with E-state index in [9.17, 15) is 24.4 Å². The molecule has 4 rings (SSSR count). The minimum atomic E-state index is -1.01.